The molecule has 1 aromatic carbocycles. The molecule has 0 spiro atoms. The van der Waals surface area contributed by atoms with Gasteiger partial charge >= 0.3 is 6.09 Å². The number of likely N-dealkylation sites (tertiary alicyclic amines) is 1. The smallest absolute Gasteiger partial charge is 0.410 e. The van der Waals surface area contributed by atoms with Crippen LogP contribution in [0.3, 0.4) is 0 Å². The first-order valence-corrected chi connectivity index (χ1v) is 12.5. The van der Waals surface area contributed by atoms with Crippen molar-refractivity contribution in [1.29, 1.82) is 0 Å². The molecule has 0 N–H and O–H groups in total. The molecule has 0 atom stereocenters. The second-order valence-electron chi connectivity index (χ2n) is 10.4. The Hall–Kier alpha value is -3.75. The first-order valence-electron chi connectivity index (χ1n) is 12.5. The average molecular weight is 508 g/mol. The second kappa shape index (κ2) is 11.1. The van der Waals surface area contributed by atoms with E-state index in [2.05, 4.69) is 4.98 Å². The summed E-state index contributed by atoms with van der Waals surface area (Å²) in [6.07, 6.45) is 4.96. The largest absolute Gasteiger partial charge is 0.444 e. The highest BCUT2D eigenvalue weighted by Crippen LogP contribution is 2.22. The Morgan fingerprint density at radius 2 is 1.73 bits per heavy atom. The Morgan fingerprint density at radius 1 is 1.08 bits per heavy atom. The van der Waals surface area contributed by atoms with Crippen LogP contribution in [0.4, 0.5) is 9.18 Å². The zero-order valence-corrected chi connectivity index (χ0v) is 21.9. The number of nitrogens with zero attached hydrogens (tertiary/aromatic N) is 5. The Bertz CT molecular complexity index is 1210. The molecule has 2 amide bonds. The Morgan fingerprint density at radius 3 is 2.35 bits per heavy atom. The van der Waals surface area contributed by atoms with E-state index in [9.17, 15) is 14.0 Å². The SMILES string of the molecule is CN(C(=O)OC(C)(C)C)C1CCN(C(=O)Cn2nc(-c3ccncc3)cc2Cc2ccc(F)cc2)CC1. The number of hydrogen-bond donors (Lipinski definition) is 0. The molecule has 8 nitrogen and oxygen atoms in total. The maximum absolute atomic E-state index is 13.4. The van der Waals surface area contributed by atoms with Gasteiger partial charge in [0.2, 0.25) is 5.91 Å². The molecule has 1 aliphatic rings. The third-order valence-electron chi connectivity index (χ3n) is 6.47. The molecule has 196 valence electrons. The van der Waals surface area contributed by atoms with Crippen molar-refractivity contribution in [3.8, 4) is 11.3 Å². The van der Waals surface area contributed by atoms with Crippen LogP contribution in [-0.2, 0) is 22.5 Å². The number of hydrogen-bond acceptors (Lipinski definition) is 5. The van der Waals surface area contributed by atoms with Crippen molar-refractivity contribution in [2.75, 3.05) is 20.1 Å². The van der Waals surface area contributed by atoms with E-state index in [1.165, 1.54) is 12.1 Å². The van der Waals surface area contributed by atoms with Crippen molar-refractivity contribution in [2.24, 2.45) is 0 Å². The lowest BCUT2D eigenvalue weighted by atomic mass is 10.0. The minimum atomic E-state index is -0.549. The van der Waals surface area contributed by atoms with Crippen LogP contribution in [0, 0.1) is 5.82 Å². The van der Waals surface area contributed by atoms with Gasteiger partial charge in [-0.05, 0) is 69.5 Å². The summed E-state index contributed by atoms with van der Waals surface area (Å²) in [6, 6.07) is 12.1. The van der Waals surface area contributed by atoms with Crippen molar-refractivity contribution in [2.45, 2.75) is 58.2 Å². The molecule has 3 aromatic rings. The summed E-state index contributed by atoms with van der Waals surface area (Å²) < 4.78 is 20.6. The maximum Gasteiger partial charge on any atom is 0.410 e. The minimum absolute atomic E-state index is 0.0240. The number of halogens is 1. The van der Waals surface area contributed by atoms with Crippen LogP contribution in [0.1, 0.15) is 44.9 Å². The quantitative estimate of drug-likeness (QED) is 0.490. The second-order valence-corrected chi connectivity index (χ2v) is 10.4. The fraction of sp³-hybridized carbons (Fsp3) is 0.429. The maximum atomic E-state index is 13.4. The van der Waals surface area contributed by atoms with Gasteiger partial charge in [-0.1, -0.05) is 12.1 Å². The summed E-state index contributed by atoms with van der Waals surface area (Å²) in [5.41, 5.74) is 2.91. The molecule has 9 heteroatoms. The monoisotopic (exact) mass is 507 g/mol. The molecule has 1 saturated heterocycles. The van der Waals surface area contributed by atoms with Gasteiger partial charge in [0.1, 0.15) is 18.0 Å². The first kappa shape index (κ1) is 26.3. The number of rotatable bonds is 6. The lowest BCUT2D eigenvalue weighted by molar-refractivity contribution is -0.133. The van der Waals surface area contributed by atoms with Crippen molar-refractivity contribution < 1.29 is 18.7 Å². The first-order chi connectivity index (χ1) is 17.6. The van der Waals surface area contributed by atoms with Crippen molar-refractivity contribution in [1.82, 2.24) is 24.6 Å². The molecular formula is C28H34FN5O3. The molecule has 2 aromatic heterocycles. The fourth-order valence-electron chi connectivity index (χ4n) is 4.42. The molecule has 0 radical (unpaired) electrons. The molecule has 3 heterocycles. The number of ether oxygens (including phenoxy) is 1. The lowest BCUT2D eigenvalue weighted by Gasteiger charge is -2.37. The standard InChI is InChI=1S/C28H34FN5O3/c1-28(2,3)37-27(36)32(4)23-11-15-33(16-12-23)26(35)19-34-24(17-20-5-7-22(29)8-6-20)18-25(31-34)21-9-13-30-14-10-21/h5-10,13-14,18,23H,11-12,15-17,19H2,1-4H3. The zero-order valence-electron chi connectivity index (χ0n) is 21.9. The highest BCUT2D eigenvalue weighted by atomic mass is 19.1. The van der Waals surface area contributed by atoms with Crippen molar-refractivity contribution in [3.05, 3.63) is 71.9 Å². The van der Waals surface area contributed by atoms with E-state index in [1.54, 1.807) is 41.2 Å². The third kappa shape index (κ3) is 6.93. The van der Waals surface area contributed by atoms with E-state index in [0.29, 0.717) is 32.4 Å². The number of pyridine rings is 1. The average Bonchev–Trinajstić information content (AvgIpc) is 3.26. The zero-order chi connectivity index (χ0) is 26.6. The summed E-state index contributed by atoms with van der Waals surface area (Å²) in [5, 5.41) is 4.73. The van der Waals surface area contributed by atoms with Gasteiger partial charge in [0.25, 0.3) is 0 Å². The molecule has 0 saturated carbocycles. The predicted molar refractivity (Wildman–Crippen MR) is 138 cm³/mol. The van der Waals surface area contributed by atoms with Gasteiger partial charge < -0.3 is 14.5 Å². The molecular weight excluding hydrogens is 473 g/mol. The Labute approximate surface area is 217 Å². The third-order valence-corrected chi connectivity index (χ3v) is 6.47. The van der Waals surface area contributed by atoms with Crippen molar-refractivity contribution >= 4 is 12.0 Å². The fourth-order valence-corrected chi connectivity index (χ4v) is 4.42. The van der Waals surface area contributed by atoms with Crippen LogP contribution in [0.15, 0.2) is 54.9 Å². The normalized spacial score (nSPS) is 14.5. The van der Waals surface area contributed by atoms with Gasteiger partial charge in [-0.25, -0.2) is 9.18 Å². The van der Waals surface area contributed by atoms with Crippen LogP contribution < -0.4 is 0 Å². The Balaban J connectivity index is 1.44. The number of piperidine rings is 1. The van der Waals surface area contributed by atoms with Crippen LogP contribution in [0.5, 0.6) is 0 Å². The number of benzene rings is 1. The van der Waals surface area contributed by atoms with Gasteiger partial charge in [-0.15, -0.1) is 0 Å². The van der Waals surface area contributed by atoms with Gasteiger partial charge in [0.05, 0.1) is 5.69 Å². The Kier molecular flexibility index (Phi) is 7.90. The minimum Gasteiger partial charge on any atom is -0.444 e. The molecule has 0 bridgehead atoms. The van der Waals surface area contributed by atoms with E-state index >= 15 is 0 Å². The van der Waals surface area contributed by atoms with Crippen LogP contribution >= 0.6 is 0 Å². The number of carbonyl (C=O) groups is 2. The number of amides is 2. The van der Waals surface area contributed by atoms with Gasteiger partial charge in [0, 0.05) is 56.3 Å². The summed E-state index contributed by atoms with van der Waals surface area (Å²) in [5.74, 6) is -0.311. The lowest BCUT2D eigenvalue weighted by Crippen LogP contribution is -2.49. The highest BCUT2D eigenvalue weighted by molar-refractivity contribution is 5.76. The molecule has 1 aliphatic heterocycles. The molecule has 37 heavy (non-hydrogen) atoms. The molecule has 0 unspecified atom stereocenters. The summed E-state index contributed by atoms with van der Waals surface area (Å²) in [4.78, 5) is 33.2. The van der Waals surface area contributed by atoms with Gasteiger partial charge in [0.15, 0.2) is 0 Å². The molecule has 0 aliphatic carbocycles. The van der Waals surface area contributed by atoms with Crippen LogP contribution in [-0.4, -0.2) is 68.3 Å². The van der Waals surface area contributed by atoms with E-state index in [0.717, 1.165) is 22.5 Å². The van der Waals surface area contributed by atoms with E-state index < -0.39 is 5.60 Å². The number of aromatic nitrogens is 3. The molecule has 1 fully saturated rings. The predicted octanol–water partition coefficient (Wildman–Crippen LogP) is 4.53. The van der Waals surface area contributed by atoms with Crippen LogP contribution in [0.2, 0.25) is 0 Å². The van der Waals surface area contributed by atoms with Gasteiger partial charge in [-0.3, -0.25) is 14.5 Å². The van der Waals surface area contributed by atoms with Gasteiger partial charge in [-0.2, -0.15) is 5.10 Å². The summed E-state index contributed by atoms with van der Waals surface area (Å²) in [6.45, 7) is 6.76. The van der Waals surface area contributed by atoms with Crippen molar-refractivity contribution in [3.63, 3.8) is 0 Å². The van der Waals surface area contributed by atoms with Crippen LogP contribution in [0.25, 0.3) is 11.3 Å². The number of carbonyl (C=O) groups excluding carboxylic acids is 2. The molecule has 4 rings (SSSR count). The van der Waals surface area contributed by atoms with E-state index in [-0.39, 0.29) is 30.4 Å². The highest BCUT2D eigenvalue weighted by Gasteiger charge is 2.30. The van der Waals surface area contributed by atoms with E-state index in [1.807, 2.05) is 43.9 Å². The topological polar surface area (TPSA) is 80.6 Å². The van der Waals surface area contributed by atoms with E-state index in [4.69, 9.17) is 9.84 Å². The summed E-state index contributed by atoms with van der Waals surface area (Å²) >= 11 is 0. The summed E-state index contributed by atoms with van der Waals surface area (Å²) in [7, 11) is 1.75.